The normalized spacial score (nSPS) is 18.5. The lowest BCUT2D eigenvalue weighted by atomic mass is 9.96. The van der Waals surface area contributed by atoms with Crippen molar-refractivity contribution in [1.82, 2.24) is 20.1 Å². The molecule has 0 bridgehead atoms. The number of hydrogen-bond donors (Lipinski definition) is 2. The van der Waals surface area contributed by atoms with Crippen LogP contribution in [0.25, 0.3) is 11.8 Å². The maximum absolute atomic E-state index is 14.4. The zero-order valence-electron chi connectivity index (χ0n) is 17.8. The molecule has 2 aliphatic rings. The number of nitrogens with zero attached hydrogens (tertiary/aromatic N) is 3. The van der Waals surface area contributed by atoms with E-state index in [0.29, 0.717) is 17.4 Å². The van der Waals surface area contributed by atoms with E-state index >= 15 is 0 Å². The van der Waals surface area contributed by atoms with Crippen LogP contribution in [0.2, 0.25) is 0 Å². The number of carbonyl (C=O) groups is 1. The number of aldehydes is 1. The van der Waals surface area contributed by atoms with Crippen LogP contribution in [0.15, 0.2) is 48.9 Å². The van der Waals surface area contributed by atoms with Crippen molar-refractivity contribution < 1.29 is 31.1 Å². The Labute approximate surface area is 194 Å². The standard InChI is InChI=1S/C23H17F6N5O/c24-22(25,26)19-10-13(4-8-31-19)33-21(6-7-21)16-11-32-34(20(16)23(27,28)29)18-3-1-2-14-15(18)5-9-30-17(14)12-35/h1-5,8-12,17,30H,6-7H2,(H,31,33). The Balaban J connectivity index is 1.60. The Morgan fingerprint density at radius 1 is 1.11 bits per heavy atom. The summed E-state index contributed by atoms with van der Waals surface area (Å²) in [6, 6.07) is 5.96. The molecule has 0 amide bonds. The SMILES string of the molecule is O=CC1NC=Cc2c1cccc2-n1ncc(C2(Nc3ccnc(C(F)(F)F)c3)CC2)c1C(F)(F)F. The zero-order chi connectivity index (χ0) is 25.0. The molecule has 35 heavy (non-hydrogen) atoms. The van der Waals surface area contributed by atoms with Crippen LogP contribution in [0.5, 0.6) is 0 Å². The van der Waals surface area contributed by atoms with Crippen LogP contribution >= 0.6 is 0 Å². The Hall–Kier alpha value is -3.83. The van der Waals surface area contributed by atoms with Gasteiger partial charge in [0.1, 0.15) is 18.0 Å². The van der Waals surface area contributed by atoms with Gasteiger partial charge in [-0.1, -0.05) is 12.1 Å². The van der Waals surface area contributed by atoms with E-state index in [2.05, 4.69) is 20.7 Å². The van der Waals surface area contributed by atoms with E-state index in [1.807, 2.05) is 0 Å². The third kappa shape index (κ3) is 4.02. The molecule has 1 fully saturated rings. The largest absolute Gasteiger partial charge is 0.433 e. The number of fused-ring (bicyclic) bond motifs is 1. The summed E-state index contributed by atoms with van der Waals surface area (Å²) in [6.07, 6.45) is -3.22. The van der Waals surface area contributed by atoms with E-state index in [0.717, 1.165) is 23.1 Å². The van der Waals surface area contributed by atoms with E-state index in [1.165, 1.54) is 24.4 Å². The van der Waals surface area contributed by atoms with E-state index < -0.39 is 35.3 Å². The van der Waals surface area contributed by atoms with Gasteiger partial charge in [-0.3, -0.25) is 4.98 Å². The van der Waals surface area contributed by atoms with Crippen molar-refractivity contribution in [2.45, 2.75) is 36.8 Å². The lowest BCUT2D eigenvalue weighted by Gasteiger charge is -2.24. The van der Waals surface area contributed by atoms with Crippen LogP contribution in [0.1, 0.15) is 47.0 Å². The minimum absolute atomic E-state index is 0.00521. The fourth-order valence-corrected chi connectivity index (χ4v) is 4.33. The average molecular weight is 493 g/mol. The number of anilines is 1. The minimum atomic E-state index is -4.82. The summed E-state index contributed by atoms with van der Waals surface area (Å²) in [5, 5.41) is 9.72. The molecule has 182 valence electrons. The quantitative estimate of drug-likeness (QED) is 0.377. The number of carbonyl (C=O) groups excluding carboxylic acids is 1. The van der Waals surface area contributed by atoms with Crippen molar-refractivity contribution in [1.29, 1.82) is 0 Å². The Morgan fingerprint density at radius 3 is 2.54 bits per heavy atom. The minimum Gasteiger partial charge on any atom is -0.378 e. The smallest absolute Gasteiger partial charge is 0.378 e. The van der Waals surface area contributed by atoms with E-state index in [1.54, 1.807) is 12.1 Å². The number of rotatable bonds is 5. The van der Waals surface area contributed by atoms with Crippen LogP contribution < -0.4 is 10.6 Å². The highest BCUT2D eigenvalue weighted by Crippen LogP contribution is 2.52. The molecule has 0 spiro atoms. The number of pyridine rings is 1. The van der Waals surface area contributed by atoms with Gasteiger partial charge in [-0.2, -0.15) is 31.4 Å². The van der Waals surface area contributed by atoms with Crippen molar-refractivity contribution in [2.75, 3.05) is 5.32 Å². The summed E-state index contributed by atoms with van der Waals surface area (Å²) in [6.45, 7) is 0. The van der Waals surface area contributed by atoms with Crippen molar-refractivity contribution in [2.24, 2.45) is 0 Å². The molecule has 3 heterocycles. The Morgan fingerprint density at radius 2 is 1.89 bits per heavy atom. The molecular weight excluding hydrogens is 476 g/mol. The molecule has 12 heteroatoms. The van der Waals surface area contributed by atoms with Crippen LogP contribution in [-0.4, -0.2) is 21.1 Å². The number of benzene rings is 1. The maximum Gasteiger partial charge on any atom is 0.433 e. The van der Waals surface area contributed by atoms with Crippen molar-refractivity contribution in [3.05, 3.63) is 77.0 Å². The number of alkyl halides is 6. The number of aromatic nitrogens is 3. The first-order valence-electron chi connectivity index (χ1n) is 10.5. The highest BCUT2D eigenvalue weighted by molar-refractivity contribution is 5.74. The van der Waals surface area contributed by atoms with E-state index in [4.69, 9.17) is 0 Å². The second kappa shape index (κ2) is 7.85. The first-order chi connectivity index (χ1) is 16.5. The monoisotopic (exact) mass is 493 g/mol. The van der Waals surface area contributed by atoms with Crippen LogP contribution in [-0.2, 0) is 22.7 Å². The molecule has 0 saturated heterocycles. The number of hydrogen-bond acceptors (Lipinski definition) is 5. The molecular formula is C23H17F6N5O. The van der Waals surface area contributed by atoms with Crippen molar-refractivity contribution >= 4 is 18.0 Å². The van der Waals surface area contributed by atoms with E-state index in [9.17, 15) is 31.1 Å². The van der Waals surface area contributed by atoms with Gasteiger partial charge in [0.25, 0.3) is 0 Å². The average Bonchev–Trinajstić information content (AvgIpc) is 3.43. The van der Waals surface area contributed by atoms with Gasteiger partial charge in [-0.15, -0.1) is 0 Å². The lowest BCUT2D eigenvalue weighted by Crippen LogP contribution is -2.25. The highest BCUT2D eigenvalue weighted by atomic mass is 19.4. The molecule has 3 aromatic rings. The molecule has 2 N–H and O–H groups in total. The van der Waals surface area contributed by atoms with E-state index in [-0.39, 0.29) is 29.8 Å². The second-order valence-corrected chi connectivity index (χ2v) is 8.34. The van der Waals surface area contributed by atoms with Gasteiger partial charge in [-0.05, 0) is 48.9 Å². The summed E-state index contributed by atoms with van der Waals surface area (Å²) < 4.78 is 83.1. The molecule has 1 aliphatic heterocycles. The molecule has 5 rings (SSSR count). The van der Waals surface area contributed by atoms with Gasteiger partial charge in [0.15, 0.2) is 5.69 Å². The van der Waals surface area contributed by atoms with Crippen molar-refractivity contribution in [3.63, 3.8) is 0 Å². The summed E-state index contributed by atoms with van der Waals surface area (Å²) in [5.74, 6) is 0. The highest BCUT2D eigenvalue weighted by Gasteiger charge is 2.52. The fourth-order valence-electron chi connectivity index (χ4n) is 4.33. The zero-order valence-corrected chi connectivity index (χ0v) is 17.8. The molecule has 1 aromatic carbocycles. The van der Waals surface area contributed by atoms with Crippen LogP contribution in [0.3, 0.4) is 0 Å². The topological polar surface area (TPSA) is 71.8 Å². The predicted octanol–water partition coefficient (Wildman–Crippen LogP) is 5.22. The summed E-state index contributed by atoms with van der Waals surface area (Å²) >= 11 is 0. The molecule has 1 saturated carbocycles. The van der Waals surface area contributed by atoms with Gasteiger partial charge in [0.2, 0.25) is 0 Å². The molecule has 1 atom stereocenters. The van der Waals surface area contributed by atoms with Gasteiger partial charge in [0, 0.05) is 23.0 Å². The van der Waals surface area contributed by atoms with Gasteiger partial charge < -0.3 is 15.4 Å². The molecule has 1 unspecified atom stereocenters. The fraction of sp³-hybridized carbons (Fsp3) is 0.261. The van der Waals surface area contributed by atoms with Gasteiger partial charge in [0.05, 0.1) is 17.4 Å². The predicted molar refractivity (Wildman–Crippen MR) is 113 cm³/mol. The van der Waals surface area contributed by atoms with Gasteiger partial charge in [-0.25, -0.2) is 4.68 Å². The summed E-state index contributed by atoms with van der Waals surface area (Å²) in [4.78, 5) is 14.7. The molecule has 1 aliphatic carbocycles. The van der Waals surface area contributed by atoms with Gasteiger partial charge >= 0.3 is 12.4 Å². The first-order valence-corrected chi connectivity index (χ1v) is 10.5. The third-order valence-corrected chi connectivity index (χ3v) is 6.08. The second-order valence-electron chi connectivity index (χ2n) is 8.34. The molecule has 6 nitrogen and oxygen atoms in total. The Kier molecular flexibility index (Phi) is 5.15. The lowest BCUT2D eigenvalue weighted by molar-refractivity contribution is -0.143. The Bertz CT molecular complexity index is 1320. The van der Waals surface area contributed by atoms with Crippen LogP contribution in [0, 0.1) is 0 Å². The maximum atomic E-state index is 14.4. The third-order valence-electron chi connectivity index (χ3n) is 6.08. The summed E-state index contributed by atoms with van der Waals surface area (Å²) in [7, 11) is 0. The summed E-state index contributed by atoms with van der Waals surface area (Å²) in [5.41, 5.74) is -2.54. The number of nitrogens with one attached hydrogen (secondary N) is 2. The van der Waals surface area contributed by atoms with Crippen LogP contribution in [0.4, 0.5) is 32.0 Å². The first kappa shape index (κ1) is 22.9. The van der Waals surface area contributed by atoms with Crippen molar-refractivity contribution in [3.8, 4) is 5.69 Å². The molecule has 2 aromatic heterocycles. The number of halogens is 6. The molecule has 0 radical (unpaired) electrons.